The number of carbonyl (C=O) groups is 1. The average molecular weight is 364 g/mol. The molecule has 1 aliphatic rings. The summed E-state index contributed by atoms with van der Waals surface area (Å²) in [5.74, 6) is -0.0242. The fraction of sp³-hybridized carbons (Fsp3) is 0.143. The smallest absolute Gasteiger partial charge is 0.259 e. The molecular weight excluding hydrogens is 346 g/mol. The lowest BCUT2D eigenvalue weighted by Crippen LogP contribution is -2.29. The SMILES string of the molecule is O=C(c1cncc(NCc2ccccc2Cl)c1)N1CCc2ccccc21. The normalized spacial score (nSPS) is 12.7. The minimum atomic E-state index is -0.0242. The topological polar surface area (TPSA) is 45.2 Å². The van der Waals surface area contributed by atoms with Gasteiger partial charge in [-0.15, -0.1) is 0 Å². The summed E-state index contributed by atoms with van der Waals surface area (Å²) < 4.78 is 0. The summed E-state index contributed by atoms with van der Waals surface area (Å²) in [5, 5.41) is 4.01. The van der Waals surface area contributed by atoms with Crippen LogP contribution in [0.4, 0.5) is 11.4 Å². The largest absolute Gasteiger partial charge is 0.380 e. The van der Waals surface area contributed by atoms with Crippen LogP contribution in [-0.2, 0) is 13.0 Å². The van der Waals surface area contributed by atoms with E-state index in [-0.39, 0.29) is 5.91 Å². The van der Waals surface area contributed by atoms with Crippen molar-refractivity contribution >= 4 is 28.9 Å². The third-order valence-corrected chi connectivity index (χ3v) is 4.93. The van der Waals surface area contributed by atoms with Gasteiger partial charge in [-0.1, -0.05) is 48.0 Å². The first kappa shape index (κ1) is 16.6. The van der Waals surface area contributed by atoms with Crippen LogP contribution in [0.5, 0.6) is 0 Å². The summed E-state index contributed by atoms with van der Waals surface area (Å²) in [6, 6.07) is 17.6. The Morgan fingerprint density at radius 1 is 1.12 bits per heavy atom. The molecule has 0 unspecified atom stereocenters. The predicted molar refractivity (Wildman–Crippen MR) is 105 cm³/mol. The first-order valence-corrected chi connectivity index (χ1v) is 8.92. The van der Waals surface area contributed by atoms with Gasteiger partial charge in [0.2, 0.25) is 0 Å². The zero-order valence-corrected chi connectivity index (χ0v) is 14.9. The van der Waals surface area contributed by atoms with E-state index in [9.17, 15) is 4.79 Å². The third-order valence-electron chi connectivity index (χ3n) is 4.56. The fourth-order valence-corrected chi connectivity index (χ4v) is 3.40. The highest BCUT2D eigenvalue weighted by molar-refractivity contribution is 6.31. The van der Waals surface area contributed by atoms with Gasteiger partial charge in [0.1, 0.15) is 0 Å². The highest BCUT2D eigenvalue weighted by atomic mass is 35.5. The van der Waals surface area contributed by atoms with Gasteiger partial charge in [0.25, 0.3) is 5.91 Å². The van der Waals surface area contributed by atoms with Crippen LogP contribution in [0.15, 0.2) is 67.0 Å². The number of benzene rings is 2. The van der Waals surface area contributed by atoms with Crippen LogP contribution in [-0.4, -0.2) is 17.4 Å². The molecule has 2 aromatic carbocycles. The van der Waals surface area contributed by atoms with Gasteiger partial charge in [-0.2, -0.15) is 0 Å². The standard InChI is InChI=1S/C21H18ClN3O/c22-19-7-3-1-6-16(19)13-24-18-11-17(12-23-14-18)21(26)25-10-9-15-5-2-4-8-20(15)25/h1-8,11-12,14,24H,9-10,13H2. The first-order valence-electron chi connectivity index (χ1n) is 8.54. The van der Waals surface area contributed by atoms with Crippen molar-refractivity contribution in [3.05, 3.63) is 88.7 Å². The molecule has 1 aromatic heterocycles. The van der Waals surface area contributed by atoms with E-state index in [2.05, 4.69) is 16.4 Å². The van der Waals surface area contributed by atoms with Crippen molar-refractivity contribution in [2.75, 3.05) is 16.8 Å². The minimum Gasteiger partial charge on any atom is -0.380 e. The van der Waals surface area contributed by atoms with Crippen molar-refractivity contribution in [1.82, 2.24) is 4.98 Å². The number of amides is 1. The summed E-state index contributed by atoms with van der Waals surface area (Å²) in [6.45, 7) is 1.28. The molecule has 26 heavy (non-hydrogen) atoms. The molecule has 0 saturated carbocycles. The number of rotatable bonds is 4. The molecule has 3 aromatic rings. The summed E-state index contributed by atoms with van der Waals surface area (Å²) >= 11 is 6.19. The number of carbonyl (C=O) groups excluding carboxylic acids is 1. The van der Waals surface area contributed by atoms with E-state index < -0.39 is 0 Å². The Balaban J connectivity index is 1.51. The quantitative estimate of drug-likeness (QED) is 0.739. The number of hydrogen-bond acceptors (Lipinski definition) is 3. The Labute approximate surface area is 157 Å². The molecule has 2 heterocycles. The predicted octanol–water partition coefficient (Wildman–Crippen LogP) is 4.55. The number of hydrogen-bond donors (Lipinski definition) is 1. The van der Waals surface area contributed by atoms with E-state index in [0.29, 0.717) is 23.7 Å². The third kappa shape index (κ3) is 3.28. The summed E-state index contributed by atoms with van der Waals surface area (Å²) in [5.41, 5.74) is 4.57. The number of anilines is 2. The highest BCUT2D eigenvalue weighted by Gasteiger charge is 2.25. The minimum absolute atomic E-state index is 0.0242. The van der Waals surface area contributed by atoms with Gasteiger partial charge in [0, 0.05) is 36.2 Å². The lowest BCUT2D eigenvalue weighted by molar-refractivity contribution is 0.0989. The van der Waals surface area contributed by atoms with E-state index >= 15 is 0 Å². The van der Waals surface area contributed by atoms with Crippen LogP contribution >= 0.6 is 11.6 Å². The Morgan fingerprint density at radius 3 is 2.81 bits per heavy atom. The van der Waals surface area contributed by atoms with Crippen LogP contribution < -0.4 is 10.2 Å². The number of pyridine rings is 1. The molecule has 0 radical (unpaired) electrons. The van der Waals surface area contributed by atoms with Crippen molar-refractivity contribution < 1.29 is 4.79 Å². The van der Waals surface area contributed by atoms with Gasteiger partial charge in [-0.05, 0) is 35.7 Å². The maximum absolute atomic E-state index is 12.9. The van der Waals surface area contributed by atoms with Crippen molar-refractivity contribution in [3.63, 3.8) is 0 Å². The van der Waals surface area contributed by atoms with Crippen LogP contribution in [0.1, 0.15) is 21.5 Å². The number of aromatic nitrogens is 1. The molecular formula is C21H18ClN3O. The molecule has 4 nitrogen and oxygen atoms in total. The Morgan fingerprint density at radius 2 is 1.92 bits per heavy atom. The van der Waals surface area contributed by atoms with Crippen molar-refractivity contribution in [1.29, 1.82) is 0 Å². The number of halogens is 1. The molecule has 0 bridgehead atoms. The molecule has 0 spiro atoms. The molecule has 0 atom stereocenters. The summed E-state index contributed by atoms with van der Waals surface area (Å²) in [7, 11) is 0. The monoisotopic (exact) mass is 363 g/mol. The Kier molecular flexibility index (Phi) is 4.59. The second kappa shape index (κ2) is 7.18. The van der Waals surface area contributed by atoms with E-state index in [4.69, 9.17) is 11.6 Å². The van der Waals surface area contributed by atoms with Gasteiger partial charge in [0.05, 0.1) is 11.3 Å². The number of nitrogens with one attached hydrogen (secondary N) is 1. The molecule has 1 aliphatic heterocycles. The number of para-hydroxylation sites is 1. The molecule has 0 saturated heterocycles. The molecule has 1 N–H and O–H groups in total. The molecule has 130 valence electrons. The van der Waals surface area contributed by atoms with E-state index in [0.717, 1.165) is 23.4 Å². The number of nitrogens with zero attached hydrogens (tertiary/aromatic N) is 2. The Bertz CT molecular complexity index is 957. The molecule has 0 fully saturated rings. The zero-order chi connectivity index (χ0) is 17.9. The van der Waals surface area contributed by atoms with Crippen molar-refractivity contribution in [2.24, 2.45) is 0 Å². The second-order valence-corrected chi connectivity index (χ2v) is 6.65. The van der Waals surface area contributed by atoms with Crippen molar-refractivity contribution in [2.45, 2.75) is 13.0 Å². The van der Waals surface area contributed by atoms with Crippen LogP contribution in [0.2, 0.25) is 5.02 Å². The van der Waals surface area contributed by atoms with Crippen molar-refractivity contribution in [3.8, 4) is 0 Å². The van der Waals surface area contributed by atoms with E-state index in [1.807, 2.05) is 53.4 Å². The highest BCUT2D eigenvalue weighted by Crippen LogP contribution is 2.29. The van der Waals surface area contributed by atoms with Gasteiger partial charge >= 0.3 is 0 Å². The summed E-state index contributed by atoms with van der Waals surface area (Å²) in [6.07, 6.45) is 4.22. The van der Waals surface area contributed by atoms with Gasteiger partial charge < -0.3 is 10.2 Å². The lowest BCUT2D eigenvalue weighted by Gasteiger charge is -2.17. The van der Waals surface area contributed by atoms with Gasteiger partial charge in [-0.25, -0.2) is 0 Å². The first-order chi connectivity index (χ1) is 12.7. The molecule has 4 rings (SSSR count). The second-order valence-electron chi connectivity index (χ2n) is 6.24. The molecule has 0 aliphatic carbocycles. The maximum atomic E-state index is 12.9. The van der Waals surface area contributed by atoms with Crippen LogP contribution in [0, 0.1) is 0 Å². The Hall–Kier alpha value is -2.85. The molecule has 1 amide bonds. The average Bonchev–Trinajstić information content (AvgIpc) is 3.11. The number of fused-ring (bicyclic) bond motifs is 1. The van der Waals surface area contributed by atoms with E-state index in [1.54, 1.807) is 12.4 Å². The van der Waals surface area contributed by atoms with Crippen LogP contribution in [0.3, 0.4) is 0 Å². The van der Waals surface area contributed by atoms with Crippen LogP contribution in [0.25, 0.3) is 0 Å². The van der Waals surface area contributed by atoms with Gasteiger partial charge in [-0.3, -0.25) is 9.78 Å². The summed E-state index contributed by atoms with van der Waals surface area (Å²) in [4.78, 5) is 19.0. The lowest BCUT2D eigenvalue weighted by atomic mass is 10.1. The van der Waals surface area contributed by atoms with Gasteiger partial charge in [0.15, 0.2) is 0 Å². The fourth-order valence-electron chi connectivity index (χ4n) is 3.20. The molecule has 5 heteroatoms. The maximum Gasteiger partial charge on any atom is 0.259 e. The zero-order valence-electron chi connectivity index (χ0n) is 14.2. The van der Waals surface area contributed by atoms with E-state index in [1.165, 1.54) is 5.56 Å².